The van der Waals surface area contributed by atoms with Crippen LogP contribution in [0.3, 0.4) is 0 Å². The van der Waals surface area contributed by atoms with Gasteiger partial charge in [-0.2, -0.15) is 0 Å². The first-order valence-corrected chi connectivity index (χ1v) is 12.4. The van der Waals surface area contributed by atoms with E-state index in [1.165, 1.54) is 18.3 Å². The Morgan fingerprint density at radius 2 is 1.87 bits per heavy atom. The lowest BCUT2D eigenvalue weighted by molar-refractivity contribution is -0.115. The monoisotopic (exact) mass is 454 g/mol. The van der Waals surface area contributed by atoms with Crippen molar-refractivity contribution in [2.45, 2.75) is 32.5 Å². The lowest BCUT2D eigenvalue weighted by Crippen LogP contribution is -2.23. The van der Waals surface area contributed by atoms with Gasteiger partial charge in [0.15, 0.2) is 5.13 Å². The van der Waals surface area contributed by atoms with Crippen LogP contribution in [0.25, 0.3) is 11.0 Å². The van der Waals surface area contributed by atoms with Gasteiger partial charge in [-0.1, -0.05) is 29.8 Å². The number of amides is 1. The molecule has 2 heterocycles. The zero-order valence-corrected chi connectivity index (χ0v) is 19.3. The molecule has 1 amide bonds. The number of para-hydroxylation sites is 2. The third kappa shape index (κ3) is 4.11. The molecule has 0 N–H and O–H groups in total. The molecule has 0 aliphatic rings. The van der Waals surface area contributed by atoms with Gasteiger partial charge < -0.3 is 4.57 Å². The summed E-state index contributed by atoms with van der Waals surface area (Å²) in [6.07, 6.45) is 1.15. The third-order valence-electron chi connectivity index (χ3n) is 4.91. The molecule has 4 aromatic rings. The first-order chi connectivity index (χ1) is 14.6. The number of carbonyl (C=O) groups excluding carboxylic acids is 1. The Balaban J connectivity index is 1.75. The van der Waals surface area contributed by atoms with Crippen molar-refractivity contribution in [2.24, 2.45) is 0 Å². The van der Waals surface area contributed by atoms with Crippen LogP contribution in [0.2, 0.25) is 0 Å². The molecule has 7 nitrogen and oxygen atoms in total. The standard InChI is InChI=1S/C22H22N4O3S2/c1-14-9-10-19(15(2)11-14)26(16(3)27)21-23-17(13-30-21)12-25-20-8-6-5-7-18(20)24-22(25)31(4,28)29/h5-11,13H,12H2,1-4H3. The van der Waals surface area contributed by atoms with Crippen LogP contribution in [0.15, 0.2) is 53.0 Å². The number of carbonyl (C=O) groups is 1. The van der Waals surface area contributed by atoms with Crippen LogP contribution in [-0.4, -0.2) is 35.1 Å². The van der Waals surface area contributed by atoms with Gasteiger partial charge >= 0.3 is 0 Å². The minimum atomic E-state index is -3.53. The molecule has 9 heteroatoms. The van der Waals surface area contributed by atoms with Gasteiger partial charge in [0.1, 0.15) is 0 Å². The summed E-state index contributed by atoms with van der Waals surface area (Å²) >= 11 is 1.35. The predicted molar refractivity (Wildman–Crippen MR) is 123 cm³/mol. The van der Waals surface area contributed by atoms with E-state index >= 15 is 0 Å². The summed E-state index contributed by atoms with van der Waals surface area (Å²) < 4.78 is 26.3. The molecule has 0 radical (unpaired) electrons. The molecule has 4 rings (SSSR count). The van der Waals surface area contributed by atoms with E-state index in [0.29, 0.717) is 16.3 Å². The Bertz CT molecular complexity index is 1400. The van der Waals surface area contributed by atoms with Crippen LogP contribution in [-0.2, 0) is 21.2 Å². The van der Waals surface area contributed by atoms with Crippen LogP contribution in [0.1, 0.15) is 23.7 Å². The topological polar surface area (TPSA) is 85.2 Å². The molecular weight excluding hydrogens is 432 g/mol. The SMILES string of the molecule is CC(=O)N(c1nc(Cn2c(S(C)(=O)=O)nc3ccccc32)cs1)c1ccc(C)cc1C. The number of benzene rings is 2. The predicted octanol–water partition coefficient (Wildman–Crippen LogP) is 4.25. The summed E-state index contributed by atoms with van der Waals surface area (Å²) in [6, 6.07) is 13.2. The van der Waals surface area contributed by atoms with Gasteiger partial charge in [0.25, 0.3) is 0 Å². The lowest BCUT2D eigenvalue weighted by Gasteiger charge is -2.20. The summed E-state index contributed by atoms with van der Waals surface area (Å²) in [7, 11) is -3.53. The smallest absolute Gasteiger partial charge is 0.230 e. The van der Waals surface area contributed by atoms with E-state index in [1.807, 2.05) is 55.6 Å². The second-order valence-electron chi connectivity index (χ2n) is 7.51. The molecule has 0 fully saturated rings. The van der Waals surface area contributed by atoms with E-state index in [4.69, 9.17) is 0 Å². The van der Waals surface area contributed by atoms with E-state index in [9.17, 15) is 13.2 Å². The van der Waals surface area contributed by atoms with Gasteiger partial charge in [-0.3, -0.25) is 9.69 Å². The average molecular weight is 455 g/mol. The van der Waals surface area contributed by atoms with Gasteiger partial charge in [-0.15, -0.1) is 11.3 Å². The van der Waals surface area contributed by atoms with Gasteiger partial charge in [-0.05, 0) is 37.6 Å². The Morgan fingerprint density at radius 3 is 2.55 bits per heavy atom. The zero-order chi connectivity index (χ0) is 22.3. The fourth-order valence-corrected chi connectivity index (χ4v) is 5.28. The Labute approximate surface area is 184 Å². The van der Waals surface area contributed by atoms with Crippen LogP contribution in [0.4, 0.5) is 10.8 Å². The van der Waals surface area contributed by atoms with Crippen LogP contribution < -0.4 is 4.90 Å². The summed E-state index contributed by atoms with van der Waals surface area (Å²) in [4.78, 5) is 23.0. The number of nitrogens with zero attached hydrogens (tertiary/aromatic N) is 4. The zero-order valence-electron chi connectivity index (χ0n) is 17.7. The number of fused-ring (bicyclic) bond motifs is 1. The number of hydrogen-bond acceptors (Lipinski definition) is 6. The largest absolute Gasteiger partial charge is 0.309 e. The number of aromatic nitrogens is 3. The van der Waals surface area contributed by atoms with Crippen molar-refractivity contribution in [3.63, 3.8) is 0 Å². The fourth-order valence-electron chi connectivity index (χ4n) is 3.59. The molecule has 0 atom stereocenters. The van der Waals surface area contributed by atoms with Crippen molar-refractivity contribution in [1.82, 2.24) is 14.5 Å². The second-order valence-corrected chi connectivity index (χ2v) is 10.3. The molecule has 2 aromatic heterocycles. The molecule has 2 aromatic carbocycles. The molecule has 0 aliphatic heterocycles. The number of hydrogen-bond donors (Lipinski definition) is 0. The highest BCUT2D eigenvalue weighted by Crippen LogP contribution is 2.32. The maximum atomic E-state index is 12.5. The van der Waals surface area contributed by atoms with Gasteiger partial charge in [0.05, 0.1) is 29.0 Å². The van der Waals surface area contributed by atoms with Crippen molar-refractivity contribution in [2.75, 3.05) is 11.2 Å². The van der Waals surface area contributed by atoms with Crippen LogP contribution in [0, 0.1) is 13.8 Å². The molecule has 0 bridgehead atoms. The molecule has 0 saturated heterocycles. The highest BCUT2D eigenvalue weighted by molar-refractivity contribution is 7.90. The number of thiazole rings is 1. The van der Waals surface area contributed by atoms with Crippen LogP contribution in [0.5, 0.6) is 0 Å². The maximum absolute atomic E-state index is 12.5. The lowest BCUT2D eigenvalue weighted by atomic mass is 10.1. The summed E-state index contributed by atoms with van der Waals surface area (Å²) in [5.74, 6) is -0.141. The maximum Gasteiger partial charge on any atom is 0.230 e. The molecule has 0 unspecified atom stereocenters. The number of sulfone groups is 1. The molecule has 31 heavy (non-hydrogen) atoms. The first-order valence-electron chi connectivity index (χ1n) is 9.63. The fraction of sp³-hybridized carbons (Fsp3) is 0.227. The number of imidazole rings is 1. The van der Waals surface area contributed by atoms with E-state index in [1.54, 1.807) is 15.5 Å². The van der Waals surface area contributed by atoms with E-state index in [0.717, 1.165) is 28.6 Å². The molecular formula is C22H22N4O3S2. The Hall–Kier alpha value is -3.04. The molecule has 0 aliphatic carbocycles. The number of aryl methyl sites for hydroxylation is 2. The summed E-state index contributed by atoms with van der Waals surface area (Å²) in [5.41, 5.74) is 4.86. The normalized spacial score (nSPS) is 11.7. The summed E-state index contributed by atoms with van der Waals surface area (Å²) in [5, 5.41) is 2.39. The third-order valence-corrected chi connectivity index (χ3v) is 6.76. The Kier molecular flexibility index (Phi) is 5.40. The van der Waals surface area contributed by atoms with Gasteiger partial charge in [0.2, 0.25) is 20.9 Å². The summed E-state index contributed by atoms with van der Waals surface area (Å²) in [6.45, 7) is 5.71. The molecule has 0 saturated carbocycles. The van der Waals surface area contributed by atoms with Gasteiger partial charge in [-0.25, -0.2) is 18.4 Å². The minimum Gasteiger partial charge on any atom is -0.309 e. The van der Waals surface area contributed by atoms with Gasteiger partial charge in [0, 0.05) is 18.6 Å². The van der Waals surface area contributed by atoms with Crippen molar-refractivity contribution >= 4 is 48.9 Å². The average Bonchev–Trinajstić information content (AvgIpc) is 3.29. The van der Waals surface area contributed by atoms with Crippen molar-refractivity contribution < 1.29 is 13.2 Å². The number of anilines is 2. The Morgan fingerprint density at radius 1 is 1.13 bits per heavy atom. The van der Waals surface area contributed by atoms with E-state index in [2.05, 4.69) is 9.97 Å². The van der Waals surface area contributed by atoms with E-state index in [-0.39, 0.29) is 17.6 Å². The first kappa shape index (κ1) is 21.2. The second kappa shape index (κ2) is 7.90. The van der Waals surface area contributed by atoms with Crippen LogP contribution >= 0.6 is 11.3 Å². The minimum absolute atomic E-state index is 0.000975. The van der Waals surface area contributed by atoms with Crippen molar-refractivity contribution in [1.29, 1.82) is 0 Å². The molecule has 0 spiro atoms. The quantitative estimate of drug-likeness (QED) is 0.450. The highest BCUT2D eigenvalue weighted by Gasteiger charge is 2.22. The number of rotatable bonds is 5. The molecule has 160 valence electrons. The highest BCUT2D eigenvalue weighted by atomic mass is 32.2. The van der Waals surface area contributed by atoms with E-state index < -0.39 is 9.84 Å². The van der Waals surface area contributed by atoms with Crippen molar-refractivity contribution in [3.8, 4) is 0 Å². The van der Waals surface area contributed by atoms with Crippen molar-refractivity contribution in [3.05, 3.63) is 64.7 Å².